The predicted molar refractivity (Wildman–Crippen MR) is 271 cm³/mol. The second kappa shape index (κ2) is 21.8. The lowest BCUT2D eigenvalue weighted by atomic mass is 10.2. The fourth-order valence-corrected chi connectivity index (χ4v) is 7.56. The molecule has 17 heteroatoms. The number of amides is 3. The van der Waals surface area contributed by atoms with Crippen LogP contribution in [0.4, 0.5) is 4.79 Å². The first-order chi connectivity index (χ1) is 32.8. The standard InChI is InChI=1S/C26H26ClN5O3.C25H21ClN4O3.CH4/c1-16(2)35-23-12-10-19(14-20(23)27)25(33)31-32(26(34)28-3)15-17-9-11-21-22(13-17)30-24(29-21)18-7-5-4-6-8-18;1-15(2)32-22-11-9-18(13-19(22)26)24-29-30(25(31)33-24)14-16-8-10-20-21(12-16)28-23(27-20)17-6-4-3-5-7-17;/h4-14,16H,15H2,1-3H3,(H,28,34)(H,29,30)(H,31,33);3-13,15H,14H2,1-2H3,(H,27,28);1H4. The number of carbonyl (C=O) groups excluding carboxylic acids is 2. The Morgan fingerprint density at radius 3 is 1.77 bits per heavy atom. The second-order valence-corrected chi connectivity index (χ2v) is 17.0. The molecule has 3 amide bonds. The highest BCUT2D eigenvalue weighted by atomic mass is 35.5. The van der Waals surface area contributed by atoms with Gasteiger partial charge in [-0.05, 0) is 99.5 Å². The molecule has 3 aromatic heterocycles. The third kappa shape index (κ3) is 12.0. The summed E-state index contributed by atoms with van der Waals surface area (Å²) in [6.07, 6.45) is -0.0478. The zero-order valence-corrected chi connectivity index (χ0v) is 39.2. The molecule has 0 saturated carbocycles. The number of hydrazine groups is 1. The van der Waals surface area contributed by atoms with Gasteiger partial charge in [-0.15, -0.1) is 5.10 Å². The zero-order valence-electron chi connectivity index (χ0n) is 37.7. The van der Waals surface area contributed by atoms with E-state index in [-0.39, 0.29) is 38.6 Å². The van der Waals surface area contributed by atoms with Crippen LogP contribution in [0.25, 0.3) is 56.3 Å². The Balaban J connectivity index is 0.000000201. The maximum Gasteiger partial charge on any atom is 0.437 e. The zero-order chi connectivity index (χ0) is 47.9. The van der Waals surface area contributed by atoms with Crippen LogP contribution in [0.2, 0.25) is 10.0 Å². The molecule has 6 aromatic carbocycles. The van der Waals surface area contributed by atoms with Crippen LogP contribution in [-0.2, 0) is 13.1 Å². The number of fused-ring (bicyclic) bond motifs is 2. The molecule has 0 saturated heterocycles. The molecule has 0 aliphatic heterocycles. The van der Waals surface area contributed by atoms with Crippen LogP contribution in [0.1, 0.15) is 56.6 Å². The van der Waals surface area contributed by atoms with Gasteiger partial charge >= 0.3 is 11.8 Å². The van der Waals surface area contributed by atoms with E-state index in [0.29, 0.717) is 32.7 Å². The van der Waals surface area contributed by atoms with Crippen molar-refractivity contribution in [3.05, 3.63) is 171 Å². The molecule has 9 aromatic rings. The minimum atomic E-state index is -0.543. The third-order valence-corrected chi connectivity index (χ3v) is 10.9. The number of rotatable bonds is 12. The van der Waals surface area contributed by atoms with Crippen molar-refractivity contribution >= 4 is 57.2 Å². The summed E-state index contributed by atoms with van der Waals surface area (Å²) in [5.41, 5.74) is 10.6. The van der Waals surface area contributed by atoms with Crippen molar-refractivity contribution in [3.8, 4) is 45.7 Å². The summed E-state index contributed by atoms with van der Waals surface area (Å²) in [5.74, 6) is 1.80. The Bertz CT molecular complexity index is 3270. The Kier molecular flexibility index (Phi) is 15.5. The number of hydrogen-bond donors (Lipinski definition) is 4. The van der Waals surface area contributed by atoms with Gasteiger partial charge < -0.3 is 29.2 Å². The van der Waals surface area contributed by atoms with Gasteiger partial charge in [0.05, 0.1) is 57.4 Å². The quantitative estimate of drug-likeness (QED) is 0.0865. The SMILES string of the molecule is C.CC(C)Oc1ccc(-c2nn(Cc3ccc4nc(-c5ccccc5)[nH]c4c3)c(=O)o2)cc1Cl.CNC(=O)N(Cc1ccc2nc(-c3ccccc3)[nH]c2c1)NC(=O)c1ccc(OC(C)C)c(Cl)c1. The van der Waals surface area contributed by atoms with Gasteiger partial charge in [-0.1, -0.05) is 103 Å². The molecule has 3 heterocycles. The van der Waals surface area contributed by atoms with Crippen LogP contribution in [0.3, 0.4) is 0 Å². The van der Waals surface area contributed by atoms with E-state index in [1.165, 1.54) is 22.8 Å². The summed E-state index contributed by atoms with van der Waals surface area (Å²) in [6, 6.07) is 40.7. The van der Waals surface area contributed by atoms with Crippen molar-refractivity contribution in [2.45, 2.75) is 60.4 Å². The minimum absolute atomic E-state index is 0. The maximum atomic E-state index is 12.9. The van der Waals surface area contributed by atoms with E-state index in [1.54, 1.807) is 30.3 Å². The minimum Gasteiger partial charge on any atom is -0.489 e. The van der Waals surface area contributed by atoms with Crippen molar-refractivity contribution in [2.24, 2.45) is 0 Å². The van der Waals surface area contributed by atoms with Gasteiger partial charge in [0.2, 0.25) is 5.89 Å². The number of halogens is 2. The smallest absolute Gasteiger partial charge is 0.437 e. The van der Waals surface area contributed by atoms with E-state index < -0.39 is 17.7 Å². The third-order valence-electron chi connectivity index (χ3n) is 10.3. The molecule has 0 aliphatic carbocycles. The van der Waals surface area contributed by atoms with E-state index >= 15 is 0 Å². The summed E-state index contributed by atoms with van der Waals surface area (Å²) >= 11 is 12.6. The molecule has 0 fully saturated rings. The van der Waals surface area contributed by atoms with Crippen molar-refractivity contribution in [1.82, 2.24) is 45.5 Å². The number of carbonyl (C=O) groups is 2. The van der Waals surface area contributed by atoms with Gasteiger partial charge in [-0.25, -0.2) is 24.6 Å². The van der Waals surface area contributed by atoms with E-state index in [2.05, 4.69) is 35.8 Å². The normalized spacial score (nSPS) is 11.0. The number of nitrogens with one attached hydrogen (secondary N) is 4. The molecule has 0 spiro atoms. The molecular formula is C52H51Cl2N9O6. The summed E-state index contributed by atoms with van der Waals surface area (Å²) in [6.45, 7) is 8.04. The predicted octanol–water partition coefficient (Wildman–Crippen LogP) is 11.3. The number of ether oxygens (including phenoxy) is 2. The molecule has 0 unspecified atom stereocenters. The second-order valence-electron chi connectivity index (χ2n) is 16.1. The molecule has 69 heavy (non-hydrogen) atoms. The Morgan fingerprint density at radius 2 is 1.23 bits per heavy atom. The summed E-state index contributed by atoms with van der Waals surface area (Å²) in [4.78, 5) is 53.7. The van der Waals surface area contributed by atoms with Gasteiger partial charge in [0.1, 0.15) is 23.1 Å². The molecule has 0 radical (unpaired) electrons. The van der Waals surface area contributed by atoms with E-state index in [1.807, 2.05) is 125 Å². The highest BCUT2D eigenvalue weighted by molar-refractivity contribution is 6.32. The molecular weight excluding hydrogens is 918 g/mol. The van der Waals surface area contributed by atoms with Crippen molar-refractivity contribution in [2.75, 3.05) is 7.05 Å². The van der Waals surface area contributed by atoms with Crippen molar-refractivity contribution < 1.29 is 23.5 Å². The molecule has 0 bridgehead atoms. The number of imidazole rings is 2. The topological polar surface area (TPSA) is 185 Å². The van der Waals surface area contributed by atoms with E-state index in [4.69, 9.17) is 37.1 Å². The van der Waals surface area contributed by atoms with Crippen LogP contribution < -0.4 is 26.0 Å². The van der Waals surface area contributed by atoms with Crippen LogP contribution in [-0.4, -0.2) is 65.9 Å². The van der Waals surface area contributed by atoms with Gasteiger partial charge in [-0.3, -0.25) is 10.2 Å². The van der Waals surface area contributed by atoms with Gasteiger partial charge in [0.25, 0.3) is 5.91 Å². The average Bonchev–Trinajstić information content (AvgIpc) is 4.07. The number of nitrogens with zero attached hydrogens (tertiary/aromatic N) is 5. The molecule has 9 rings (SSSR count). The van der Waals surface area contributed by atoms with E-state index in [0.717, 1.165) is 56.0 Å². The van der Waals surface area contributed by atoms with Gasteiger partial charge in [0.15, 0.2) is 0 Å². The molecule has 15 nitrogen and oxygen atoms in total. The molecule has 0 aliphatic rings. The lowest BCUT2D eigenvalue weighted by Gasteiger charge is -2.23. The summed E-state index contributed by atoms with van der Waals surface area (Å²) in [5, 5.41) is 8.86. The summed E-state index contributed by atoms with van der Waals surface area (Å²) < 4.78 is 17.9. The number of aromatic amines is 2. The van der Waals surface area contributed by atoms with Crippen LogP contribution in [0, 0.1) is 0 Å². The Morgan fingerprint density at radius 1 is 0.696 bits per heavy atom. The Labute approximate surface area is 408 Å². The monoisotopic (exact) mass is 967 g/mol. The first-order valence-electron chi connectivity index (χ1n) is 21.7. The van der Waals surface area contributed by atoms with Crippen LogP contribution in [0.5, 0.6) is 11.5 Å². The van der Waals surface area contributed by atoms with Crippen LogP contribution in [0.15, 0.2) is 143 Å². The number of H-pyrrole nitrogens is 2. The number of urea groups is 1. The first-order valence-corrected chi connectivity index (χ1v) is 22.4. The van der Waals surface area contributed by atoms with Gasteiger partial charge in [0, 0.05) is 29.3 Å². The average molecular weight is 969 g/mol. The highest BCUT2D eigenvalue weighted by Crippen LogP contribution is 2.31. The summed E-state index contributed by atoms with van der Waals surface area (Å²) in [7, 11) is 1.50. The number of benzene rings is 6. The van der Waals surface area contributed by atoms with Crippen molar-refractivity contribution in [3.63, 3.8) is 0 Å². The van der Waals surface area contributed by atoms with Gasteiger partial charge in [-0.2, -0.15) is 4.68 Å². The lowest BCUT2D eigenvalue weighted by Crippen LogP contribution is -2.49. The molecule has 4 N–H and O–H groups in total. The van der Waals surface area contributed by atoms with E-state index in [9.17, 15) is 14.4 Å². The number of aromatic nitrogens is 6. The van der Waals surface area contributed by atoms with Crippen LogP contribution >= 0.6 is 23.2 Å². The first kappa shape index (κ1) is 49.0. The van der Waals surface area contributed by atoms with Crippen molar-refractivity contribution in [1.29, 1.82) is 0 Å². The molecule has 354 valence electrons. The maximum absolute atomic E-state index is 12.9. The fourth-order valence-electron chi connectivity index (χ4n) is 7.11. The highest BCUT2D eigenvalue weighted by Gasteiger charge is 2.20. The number of hydrogen-bond acceptors (Lipinski definition) is 9. The largest absolute Gasteiger partial charge is 0.489 e. The fraction of sp³-hybridized carbons (Fsp3) is 0.192. The Hall–Kier alpha value is -7.88. The lowest BCUT2D eigenvalue weighted by molar-refractivity contribution is 0.0819. The molecule has 0 atom stereocenters.